The van der Waals surface area contributed by atoms with Crippen molar-refractivity contribution in [3.63, 3.8) is 0 Å². The number of rotatable bonds is 6. The predicted octanol–water partition coefficient (Wildman–Crippen LogP) is 1.68. The number of hydrogen-bond donors (Lipinski definition) is 2. The van der Waals surface area contributed by atoms with Gasteiger partial charge in [-0.2, -0.15) is 0 Å². The predicted molar refractivity (Wildman–Crippen MR) is 87.5 cm³/mol. The van der Waals surface area contributed by atoms with Gasteiger partial charge < -0.3 is 11.1 Å². The summed E-state index contributed by atoms with van der Waals surface area (Å²) in [5.41, 5.74) is 5.58. The minimum Gasteiger partial charge on any atom is -0.366 e. The highest BCUT2D eigenvalue weighted by molar-refractivity contribution is 7.99. The van der Waals surface area contributed by atoms with Crippen LogP contribution in [-0.4, -0.2) is 37.8 Å². The summed E-state index contributed by atoms with van der Waals surface area (Å²) in [6, 6.07) is 1.92. The third-order valence-electron chi connectivity index (χ3n) is 3.65. The number of tetrazole rings is 1. The zero-order chi connectivity index (χ0) is 16.2. The van der Waals surface area contributed by atoms with Gasteiger partial charge in [-0.25, -0.2) is 4.68 Å². The summed E-state index contributed by atoms with van der Waals surface area (Å²) in [7, 11) is 0. The lowest BCUT2D eigenvalue weighted by Crippen LogP contribution is -2.18. The summed E-state index contributed by atoms with van der Waals surface area (Å²) in [6.45, 7) is 0. The molecule has 23 heavy (non-hydrogen) atoms. The number of amides is 2. The van der Waals surface area contributed by atoms with Gasteiger partial charge in [0, 0.05) is 0 Å². The molecule has 10 heteroatoms. The van der Waals surface area contributed by atoms with E-state index in [1.165, 1.54) is 35.9 Å². The van der Waals surface area contributed by atoms with E-state index >= 15 is 0 Å². The number of nitrogens with zero attached hydrogens (tertiary/aromatic N) is 4. The molecule has 1 saturated carbocycles. The van der Waals surface area contributed by atoms with Crippen molar-refractivity contribution in [3.8, 4) is 0 Å². The van der Waals surface area contributed by atoms with Crippen molar-refractivity contribution in [2.45, 2.75) is 36.9 Å². The van der Waals surface area contributed by atoms with Crippen molar-refractivity contribution in [3.05, 3.63) is 17.0 Å². The average Bonchev–Trinajstić information content (AvgIpc) is 3.25. The van der Waals surface area contributed by atoms with Gasteiger partial charge in [-0.1, -0.05) is 24.6 Å². The van der Waals surface area contributed by atoms with Crippen molar-refractivity contribution in [1.82, 2.24) is 20.2 Å². The average molecular weight is 352 g/mol. The minimum absolute atomic E-state index is 0.170. The zero-order valence-corrected chi connectivity index (χ0v) is 13.9. The van der Waals surface area contributed by atoms with Crippen molar-refractivity contribution in [2.75, 3.05) is 11.1 Å². The molecule has 3 rings (SSSR count). The number of hydrogen-bond acceptors (Lipinski definition) is 7. The van der Waals surface area contributed by atoms with Crippen molar-refractivity contribution >= 4 is 39.9 Å². The van der Waals surface area contributed by atoms with E-state index in [2.05, 4.69) is 20.8 Å². The largest absolute Gasteiger partial charge is 0.366 e. The molecule has 2 heterocycles. The molecule has 2 amide bonds. The van der Waals surface area contributed by atoms with Gasteiger partial charge >= 0.3 is 0 Å². The summed E-state index contributed by atoms with van der Waals surface area (Å²) in [5.74, 6) is -0.608. The Morgan fingerprint density at radius 2 is 2.22 bits per heavy atom. The van der Waals surface area contributed by atoms with Crippen LogP contribution in [0.5, 0.6) is 0 Å². The van der Waals surface area contributed by atoms with Crippen LogP contribution in [0.1, 0.15) is 42.1 Å². The van der Waals surface area contributed by atoms with E-state index < -0.39 is 5.91 Å². The highest BCUT2D eigenvalue weighted by Gasteiger charge is 2.22. The van der Waals surface area contributed by atoms with Crippen LogP contribution >= 0.6 is 23.1 Å². The Balaban J connectivity index is 1.58. The van der Waals surface area contributed by atoms with E-state index in [1.54, 1.807) is 11.4 Å². The summed E-state index contributed by atoms with van der Waals surface area (Å²) in [4.78, 5) is 23.3. The molecule has 0 unspecified atom stereocenters. The number of anilines is 1. The smallest absolute Gasteiger partial charge is 0.251 e. The summed E-state index contributed by atoms with van der Waals surface area (Å²) < 4.78 is 1.81. The number of aromatic nitrogens is 4. The first kappa shape index (κ1) is 15.9. The van der Waals surface area contributed by atoms with Gasteiger partial charge in [0.2, 0.25) is 11.1 Å². The van der Waals surface area contributed by atoms with Gasteiger partial charge in [0.05, 0.1) is 17.4 Å². The highest BCUT2D eigenvalue weighted by atomic mass is 32.2. The van der Waals surface area contributed by atoms with E-state index in [9.17, 15) is 9.59 Å². The van der Waals surface area contributed by atoms with Crippen LogP contribution in [0.4, 0.5) is 5.00 Å². The Hall–Kier alpha value is -1.94. The van der Waals surface area contributed by atoms with Crippen LogP contribution in [0.15, 0.2) is 16.6 Å². The van der Waals surface area contributed by atoms with Crippen LogP contribution < -0.4 is 11.1 Å². The fourth-order valence-electron chi connectivity index (χ4n) is 2.55. The fourth-order valence-corrected chi connectivity index (χ4v) is 4.10. The topological polar surface area (TPSA) is 116 Å². The van der Waals surface area contributed by atoms with Crippen LogP contribution in [0.25, 0.3) is 0 Å². The van der Waals surface area contributed by atoms with Crippen LogP contribution in [0, 0.1) is 0 Å². The molecule has 3 N–H and O–H groups in total. The Morgan fingerprint density at radius 1 is 1.43 bits per heavy atom. The number of carbonyl (C=O) groups excluding carboxylic acids is 2. The second-order valence-electron chi connectivity index (χ2n) is 5.21. The summed E-state index contributed by atoms with van der Waals surface area (Å²) >= 11 is 2.55. The molecule has 0 radical (unpaired) electrons. The Bertz CT molecular complexity index is 707. The van der Waals surface area contributed by atoms with Gasteiger partial charge in [0.25, 0.3) is 5.91 Å². The number of carbonyl (C=O) groups is 2. The van der Waals surface area contributed by atoms with Crippen molar-refractivity contribution in [2.24, 2.45) is 5.73 Å². The standard InChI is InChI=1S/C13H16N6O2S2/c14-11(21)9-5-6-22-12(9)15-10(20)7-23-13-16-17-18-19(13)8-3-1-2-4-8/h5-6,8H,1-4,7H2,(H2,14,21)(H,15,20). The highest BCUT2D eigenvalue weighted by Crippen LogP contribution is 2.31. The lowest BCUT2D eigenvalue weighted by molar-refractivity contribution is -0.113. The Morgan fingerprint density at radius 3 is 2.96 bits per heavy atom. The molecule has 8 nitrogen and oxygen atoms in total. The molecule has 0 spiro atoms. The Labute approximate surface area is 140 Å². The van der Waals surface area contributed by atoms with Crippen molar-refractivity contribution < 1.29 is 9.59 Å². The van der Waals surface area contributed by atoms with E-state index in [1.807, 2.05) is 4.68 Å². The second-order valence-corrected chi connectivity index (χ2v) is 7.07. The van der Waals surface area contributed by atoms with Gasteiger partial charge in [0.1, 0.15) is 5.00 Å². The van der Waals surface area contributed by atoms with Gasteiger partial charge in [0.15, 0.2) is 0 Å². The SMILES string of the molecule is NC(=O)c1ccsc1NC(=O)CSc1nnnn1C1CCCC1. The van der Waals surface area contributed by atoms with Crippen molar-refractivity contribution in [1.29, 1.82) is 0 Å². The third-order valence-corrected chi connectivity index (χ3v) is 5.41. The number of primary amides is 1. The van der Waals surface area contributed by atoms with E-state index in [-0.39, 0.29) is 11.7 Å². The molecule has 0 aromatic carbocycles. The number of thiophene rings is 1. The molecule has 2 aromatic heterocycles. The molecule has 0 saturated heterocycles. The van der Waals surface area contributed by atoms with Gasteiger partial charge in [-0.3, -0.25) is 9.59 Å². The maximum Gasteiger partial charge on any atom is 0.251 e. The number of thioether (sulfide) groups is 1. The van der Waals surface area contributed by atoms with E-state index in [0.29, 0.717) is 21.8 Å². The fraction of sp³-hybridized carbons (Fsp3) is 0.462. The number of nitrogens with one attached hydrogen (secondary N) is 1. The zero-order valence-electron chi connectivity index (χ0n) is 12.3. The lowest BCUT2D eigenvalue weighted by atomic mass is 10.3. The van der Waals surface area contributed by atoms with Gasteiger partial charge in [-0.15, -0.1) is 16.4 Å². The van der Waals surface area contributed by atoms with E-state index in [0.717, 1.165) is 12.8 Å². The molecular weight excluding hydrogens is 336 g/mol. The summed E-state index contributed by atoms with van der Waals surface area (Å²) in [5, 5.41) is 17.3. The third kappa shape index (κ3) is 3.70. The van der Waals surface area contributed by atoms with Crippen LogP contribution in [0.3, 0.4) is 0 Å². The first-order chi connectivity index (χ1) is 11.1. The monoisotopic (exact) mass is 352 g/mol. The maximum atomic E-state index is 12.1. The normalized spacial score (nSPS) is 15.0. The minimum atomic E-state index is -0.556. The van der Waals surface area contributed by atoms with E-state index in [4.69, 9.17) is 5.73 Å². The van der Waals surface area contributed by atoms with Crippen LogP contribution in [0.2, 0.25) is 0 Å². The first-order valence-corrected chi connectivity index (χ1v) is 9.09. The first-order valence-electron chi connectivity index (χ1n) is 7.23. The maximum absolute atomic E-state index is 12.1. The summed E-state index contributed by atoms with van der Waals surface area (Å²) in [6.07, 6.45) is 4.51. The number of nitrogens with two attached hydrogens (primary N) is 1. The molecule has 1 aliphatic carbocycles. The van der Waals surface area contributed by atoms with Gasteiger partial charge in [-0.05, 0) is 34.7 Å². The molecule has 2 aromatic rings. The molecule has 0 bridgehead atoms. The molecule has 122 valence electrons. The molecule has 1 aliphatic rings. The molecule has 0 aliphatic heterocycles. The molecular formula is C13H16N6O2S2. The van der Waals surface area contributed by atoms with Crippen LogP contribution in [-0.2, 0) is 4.79 Å². The molecule has 0 atom stereocenters. The second kappa shape index (κ2) is 7.09. The molecule has 1 fully saturated rings. The lowest BCUT2D eigenvalue weighted by Gasteiger charge is -2.10. The quantitative estimate of drug-likeness (QED) is 0.764. The Kier molecular flexibility index (Phi) is 4.91.